The Balaban J connectivity index is 0.00000242. The molecule has 0 aliphatic carbocycles. The maximum absolute atomic E-state index is 12.5. The summed E-state index contributed by atoms with van der Waals surface area (Å²) >= 11 is 0. The predicted octanol–water partition coefficient (Wildman–Crippen LogP) is 4.32. The first-order valence-corrected chi connectivity index (χ1v) is 7.48. The number of carbonyl (C=O) groups excluding carboxylic acids is 1. The van der Waals surface area contributed by atoms with Crippen molar-refractivity contribution in [2.45, 2.75) is 32.1 Å². The second kappa shape index (κ2) is 8.00. The molecule has 2 aromatic rings. The van der Waals surface area contributed by atoms with Crippen LogP contribution < -0.4 is 5.73 Å². The molecular weight excluding hydrogens is 294 g/mol. The van der Waals surface area contributed by atoms with Gasteiger partial charge in [0, 0.05) is 0 Å². The third-order valence-corrected chi connectivity index (χ3v) is 4.05. The van der Waals surface area contributed by atoms with E-state index in [-0.39, 0.29) is 18.3 Å². The largest absolute Gasteiger partial charge is 0.369 e. The van der Waals surface area contributed by atoms with Crippen molar-refractivity contribution in [3.8, 4) is 0 Å². The molecular formula is C19H24ClNO. The van der Waals surface area contributed by atoms with Gasteiger partial charge in [0.2, 0.25) is 5.91 Å². The van der Waals surface area contributed by atoms with Crippen LogP contribution in [0.2, 0.25) is 0 Å². The number of benzene rings is 2. The fraction of sp³-hybridized carbons (Fsp3) is 0.316. The van der Waals surface area contributed by atoms with Crippen molar-refractivity contribution in [1.82, 2.24) is 0 Å². The van der Waals surface area contributed by atoms with Gasteiger partial charge in [0.15, 0.2) is 0 Å². The molecule has 1 amide bonds. The van der Waals surface area contributed by atoms with E-state index in [1.807, 2.05) is 60.7 Å². The summed E-state index contributed by atoms with van der Waals surface area (Å²) in [4.78, 5) is 12.5. The van der Waals surface area contributed by atoms with Gasteiger partial charge in [-0.2, -0.15) is 0 Å². The summed E-state index contributed by atoms with van der Waals surface area (Å²) in [6, 6.07) is 19.8. The highest BCUT2D eigenvalue weighted by atomic mass is 35.5. The average molecular weight is 318 g/mol. The van der Waals surface area contributed by atoms with Gasteiger partial charge in [0.05, 0.1) is 5.41 Å². The minimum Gasteiger partial charge on any atom is -0.369 e. The molecule has 0 saturated carbocycles. The Morgan fingerprint density at radius 3 is 1.68 bits per heavy atom. The van der Waals surface area contributed by atoms with Crippen molar-refractivity contribution >= 4 is 18.3 Å². The topological polar surface area (TPSA) is 43.1 Å². The maximum Gasteiger partial charge on any atom is 0.232 e. The van der Waals surface area contributed by atoms with E-state index in [0.29, 0.717) is 5.92 Å². The Morgan fingerprint density at radius 2 is 1.36 bits per heavy atom. The first-order valence-electron chi connectivity index (χ1n) is 7.48. The molecule has 0 aliphatic rings. The van der Waals surface area contributed by atoms with Crippen molar-refractivity contribution in [3.63, 3.8) is 0 Å². The van der Waals surface area contributed by atoms with E-state index in [1.165, 1.54) is 0 Å². The Bertz CT molecular complexity index is 541. The Hall–Kier alpha value is -1.80. The number of hydrogen-bond donors (Lipinski definition) is 1. The molecule has 0 saturated heterocycles. The number of rotatable bonds is 6. The Morgan fingerprint density at radius 1 is 0.955 bits per heavy atom. The maximum atomic E-state index is 12.5. The predicted molar refractivity (Wildman–Crippen MR) is 94.2 cm³/mol. The van der Waals surface area contributed by atoms with Crippen LogP contribution >= 0.6 is 12.4 Å². The Labute approximate surface area is 139 Å². The van der Waals surface area contributed by atoms with Gasteiger partial charge in [-0.25, -0.2) is 0 Å². The first kappa shape index (κ1) is 18.2. The molecule has 0 atom stereocenters. The lowest BCUT2D eigenvalue weighted by Gasteiger charge is -2.32. The van der Waals surface area contributed by atoms with Crippen molar-refractivity contribution in [2.24, 2.45) is 11.7 Å². The van der Waals surface area contributed by atoms with Crippen molar-refractivity contribution < 1.29 is 4.79 Å². The normalized spacial score (nSPS) is 11.0. The fourth-order valence-corrected chi connectivity index (χ4v) is 2.81. The number of nitrogens with two attached hydrogens (primary N) is 1. The highest BCUT2D eigenvalue weighted by molar-refractivity contribution is 5.90. The number of amides is 1. The SMILES string of the molecule is CC(C)CCC(C(N)=O)(c1ccccc1)c1ccccc1.Cl. The molecule has 2 rings (SSSR count). The molecule has 2 nitrogen and oxygen atoms in total. The third kappa shape index (κ3) is 3.69. The highest BCUT2D eigenvalue weighted by Crippen LogP contribution is 2.37. The van der Waals surface area contributed by atoms with E-state index in [0.717, 1.165) is 24.0 Å². The zero-order valence-corrected chi connectivity index (χ0v) is 14.0. The zero-order valence-electron chi connectivity index (χ0n) is 13.2. The van der Waals surface area contributed by atoms with E-state index in [4.69, 9.17) is 5.73 Å². The van der Waals surface area contributed by atoms with Crippen LogP contribution in [0.5, 0.6) is 0 Å². The molecule has 22 heavy (non-hydrogen) atoms. The van der Waals surface area contributed by atoms with Crippen LogP contribution in [0.3, 0.4) is 0 Å². The van der Waals surface area contributed by atoms with Crippen LogP contribution in [0.1, 0.15) is 37.8 Å². The minimum atomic E-state index is -0.743. The van der Waals surface area contributed by atoms with Crippen molar-refractivity contribution in [1.29, 1.82) is 0 Å². The molecule has 0 heterocycles. The van der Waals surface area contributed by atoms with Gasteiger partial charge in [0.1, 0.15) is 0 Å². The number of halogens is 1. The molecule has 2 aromatic carbocycles. The minimum absolute atomic E-state index is 0. The van der Waals surface area contributed by atoms with Gasteiger partial charge in [-0.3, -0.25) is 4.79 Å². The van der Waals surface area contributed by atoms with Crippen LogP contribution in [-0.2, 0) is 10.2 Å². The summed E-state index contributed by atoms with van der Waals surface area (Å²) in [7, 11) is 0. The van der Waals surface area contributed by atoms with Gasteiger partial charge >= 0.3 is 0 Å². The summed E-state index contributed by atoms with van der Waals surface area (Å²) in [5, 5.41) is 0. The van der Waals surface area contributed by atoms with Gasteiger partial charge in [-0.15, -0.1) is 12.4 Å². The van der Waals surface area contributed by atoms with E-state index < -0.39 is 5.41 Å². The van der Waals surface area contributed by atoms with Gasteiger partial charge in [0.25, 0.3) is 0 Å². The van der Waals surface area contributed by atoms with Crippen LogP contribution in [0.15, 0.2) is 60.7 Å². The first-order chi connectivity index (χ1) is 10.1. The average Bonchev–Trinajstić information content (AvgIpc) is 2.49. The molecule has 118 valence electrons. The molecule has 0 bridgehead atoms. The fourth-order valence-electron chi connectivity index (χ4n) is 2.81. The molecule has 2 N–H and O–H groups in total. The van der Waals surface area contributed by atoms with E-state index in [9.17, 15) is 4.79 Å². The Kier molecular flexibility index (Phi) is 6.63. The summed E-state index contributed by atoms with van der Waals surface area (Å²) in [5.41, 5.74) is 7.09. The van der Waals surface area contributed by atoms with Gasteiger partial charge in [-0.05, 0) is 29.9 Å². The van der Waals surface area contributed by atoms with Crippen LogP contribution in [0.25, 0.3) is 0 Å². The molecule has 0 aromatic heterocycles. The third-order valence-electron chi connectivity index (χ3n) is 4.05. The van der Waals surface area contributed by atoms with Gasteiger partial charge in [-0.1, -0.05) is 74.5 Å². The number of carbonyl (C=O) groups is 1. The summed E-state index contributed by atoms with van der Waals surface area (Å²) in [6.45, 7) is 4.34. The van der Waals surface area contributed by atoms with E-state index >= 15 is 0 Å². The lowest BCUT2D eigenvalue weighted by Crippen LogP contribution is -2.42. The monoisotopic (exact) mass is 317 g/mol. The van der Waals surface area contributed by atoms with E-state index in [2.05, 4.69) is 13.8 Å². The number of hydrogen-bond acceptors (Lipinski definition) is 1. The number of primary amides is 1. The lowest BCUT2D eigenvalue weighted by molar-refractivity contribution is -0.122. The smallest absolute Gasteiger partial charge is 0.232 e. The van der Waals surface area contributed by atoms with E-state index in [1.54, 1.807) is 0 Å². The highest BCUT2D eigenvalue weighted by Gasteiger charge is 2.39. The molecule has 0 spiro atoms. The second-order valence-corrected chi connectivity index (χ2v) is 5.93. The van der Waals surface area contributed by atoms with Crippen LogP contribution in [-0.4, -0.2) is 5.91 Å². The quantitative estimate of drug-likeness (QED) is 0.847. The van der Waals surface area contributed by atoms with Gasteiger partial charge < -0.3 is 5.73 Å². The molecule has 3 heteroatoms. The molecule has 0 fully saturated rings. The summed E-state index contributed by atoms with van der Waals surface area (Å²) < 4.78 is 0. The zero-order chi connectivity index (χ0) is 15.3. The van der Waals surface area contributed by atoms with Crippen LogP contribution in [0, 0.1) is 5.92 Å². The molecule has 0 radical (unpaired) electrons. The summed E-state index contributed by atoms with van der Waals surface area (Å²) in [5.74, 6) is 0.247. The second-order valence-electron chi connectivity index (χ2n) is 5.93. The van der Waals surface area contributed by atoms with Crippen molar-refractivity contribution in [3.05, 3.63) is 71.8 Å². The molecule has 0 unspecified atom stereocenters. The van der Waals surface area contributed by atoms with Crippen LogP contribution in [0.4, 0.5) is 0 Å². The van der Waals surface area contributed by atoms with Crippen molar-refractivity contribution in [2.75, 3.05) is 0 Å². The summed E-state index contributed by atoms with van der Waals surface area (Å²) in [6.07, 6.45) is 1.68. The molecule has 0 aliphatic heterocycles. The standard InChI is InChI=1S/C19H23NO.ClH/c1-15(2)13-14-19(18(20)21,16-9-5-3-6-10-16)17-11-7-4-8-12-17;/h3-12,15H,13-14H2,1-2H3,(H2,20,21);1H. The lowest BCUT2D eigenvalue weighted by atomic mass is 9.70.